The quantitative estimate of drug-likeness (QED) is 0.681. The topological polar surface area (TPSA) is 9.23 Å². The van der Waals surface area contributed by atoms with Gasteiger partial charge in [0, 0.05) is 0 Å². The van der Waals surface area contributed by atoms with Crippen molar-refractivity contribution < 1.29 is 4.74 Å². The molecule has 1 saturated heterocycles. The third-order valence-corrected chi connectivity index (χ3v) is 3.40. The molecule has 1 aliphatic rings. The molecule has 1 fully saturated rings. The van der Waals surface area contributed by atoms with Crippen LogP contribution in [-0.2, 0) is 4.74 Å². The van der Waals surface area contributed by atoms with Gasteiger partial charge in [0.1, 0.15) is 0 Å². The molecule has 1 heterocycles. The molecule has 1 aliphatic heterocycles. The molecular formula is C15H22O. The highest BCUT2D eigenvalue weighted by molar-refractivity contribution is 5.18. The number of benzene rings is 1. The van der Waals surface area contributed by atoms with Gasteiger partial charge in [-0.15, -0.1) is 0 Å². The van der Waals surface area contributed by atoms with E-state index >= 15 is 0 Å². The van der Waals surface area contributed by atoms with Crippen LogP contribution in [0.25, 0.3) is 0 Å². The highest BCUT2D eigenvalue weighted by atomic mass is 16.5. The number of rotatable bonds is 1. The smallest absolute Gasteiger partial charge is 0.0829 e. The van der Waals surface area contributed by atoms with E-state index in [1.807, 2.05) is 0 Å². The second kappa shape index (κ2) is 4.58. The highest BCUT2D eigenvalue weighted by Gasteiger charge is 2.31. The van der Waals surface area contributed by atoms with Gasteiger partial charge in [-0.1, -0.05) is 51.1 Å². The van der Waals surface area contributed by atoms with Crippen LogP contribution in [-0.4, -0.2) is 6.10 Å². The minimum Gasteiger partial charge on any atom is -0.370 e. The molecule has 0 N–H and O–H groups in total. The molecule has 0 radical (unpaired) electrons. The van der Waals surface area contributed by atoms with Gasteiger partial charge in [-0.3, -0.25) is 0 Å². The number of ether oxygens (including phenoxy) is 1. The summed E-state index contributed by atoms with van der Waals surface area (Å²) < 4.78 is 6.24. The summed E-state index contributed by atoms with van der Waals surface area (Å²) in [6, 6.07) is 10.6. The fraction of sp³-hybridized carbons (Fsp3) is 0.600. The first-order valence-electron chi connectivity index (χ1n) is 6.28. The molecule has 88 valence electrons. The monoisotopic (exact) mass is 218 g/mol. The zero-order chi connectivity index (χ0) is 11.6. The Balaban J connectivity index is 2.08. The highest BCUT2D eigenvalue weighted by Crippen LogP contribution is 2.37. The van der Waals surface area contributed by atoms with E-state index in [1.165, 1.54) is 18.4 Å². The second-order valence-corrected chi connectivity index (χ2v) is 5.82. The first kappa shape index (κ1) is 11.7. The van der Waals surface area contributed by atoms with Gasteiger partial charge >= 0.3 is 0 Å². The predicted molar refractivity (Wildman–Crippen MR) is 67.4 cm³/mol. The van der Waals surface area contributed by atoms with Gasteiger partial charge in [0.05, 0.1) is 12.2 Å². The van der Waals surface area contributed by atoms with E-state index in [2.05, 4.69) is 51.1 Å². The molecule has 1 aromatic carbocycles. The molecule has 0 amide bonds. The molecule has 0 aliphatic carbocycles. The van der Waals surface area contributed by atoms with E-state index in [4.69, 9.17) is 4.74 Å². The lowest BCUT2D eigenvalue weighted by Crippen LogP contribution is -2.33. The van der Waals surface area contributed by atoms with Crippen molar-refractivity contribution in [1.82, 2.24) is 0 Å². The van der Waals surface area contributed by atoms with Gasteiger partial charge < -0.3 is 4.74 Å². The van der Waals surface area contributed by atoms with E-state index in [0.29, 0.717) is 12.2 Å². The first-order valence-corrected chi connectivity index (χ1v) is 6.28. The Hall–Kier alpha value is -0.820. The van der Waals surface area contributed by atoms with Gasteiger partial charge in [0.2, 0.25) is 0 Å². The zero-order valence-corrected chi connectivity index (χ0v) is 10.6. The van der Waals surface area contributed by atoms with E-state index in [0.717, 1.165) is 6.42 Å². The minimum atomic E-state index is 0.257. The fourth-order valence-electron chi connectivity index (χ4n) is 2.37. The largest absolute Gasteiger partial charge is 0.370 e. The van der Waals surface area contributed by atoms with Crippen molar-refractivity contribution in [2.24, 2.45) is 5.41 Å². The van der Waals surface area contributed by atoms with Crippen molar-refractivity contribution in [1.29, 1.82) is 0 Å². The van der Waals surface area contributed by atoms with Crippen molar-refractivity contribution >= 4 is 0 Å². The van der Waals surface area contributed by atoms with Crippen molar-refractivity contribution in [2.75, 3.05) is 0 Å². The molecular weight excluding hydrogens is 196 g/mol. The normalized spacial score (nSPS) is 26.7. The SMILES string of the molecule is CC(C)(C)[C@@H]1CCCC(c2ccccc2)O1. The van der Waals surface area contributed by atoms with E-state index in [-0.39, 0.29) is 5.41 Å². The van der Waals surface area contributed by atoms with Gasteiger partial charge in [0.25, 0.3) is 0 Å². The zero-order valence-electron chi connectivity index (χ0n) is 10.6. The van der Waals surface area contributed by atoms with E-state index < -0.39 is 0 Å². The van der Waals surface area contributed by atoms with Gasteiger partial charge in [-0.05, 0) is 30.2 Å². The van der Waals surface area contributed by atoms with Crippen LogP contribution in [0.1, 0.15) is 51.7 Å². The summed E-state index contributed by atoms with van der Waals surface area (Å²) in [6.07, 6.45) is 4.34. The van der Waals surface area contributed by atoms with Gasteiger partial charge in [-0.25, -0.2) is 0 Å². The summed E-state index contributed by atoms with van der Waals surface area (Å²) in [4.78, 5) is 0. The Morgan fingerprint density at radius 1 is 1.06 bits per heavy atom. The van der Waals surface area contributed by atoms with Crippen LogP contribution in [0.5, 0.6) is 0 Å². The summed E-state index contributed by atoms with van der Waals surface area (Å²) in [5, 5.41) is 0. The van der Waals surface area contributed by atoms with Crippen molar-refractivity contribution in [2.45, 2.75) is 52.2 Å². The van der Waals surface area contributed by atoms with Crippen LogP contribution in [0.4, 0.5) is 0 Å². The minimum absolute atomic E-state index is 0.257. The van der Waals surface area contributed by atoms with Crippen LogP contribution in [0.2, 0.25) is 0 Å². The van der Waals surface area contributed by atoms with Crippen LogP contribution in [0.3, 0.4) is 0 Å². The van der Waals surface area contributed by atoms with Crippen LogP contribution in [0, 0.1) is 5.41 Å². The number of hydrogen-bond acceptors (Lipinski definition) is 1. The van der Waals surface area contributed by atoms with Gasteiger partial charge in [-0.2, -0.15) is 0 Å². The Bertz CT molecular complexity index is 323. The summed E-state index contributed by atoms with van der Waals surface area (Å²) in [5.41, 5.74) is 1.59. The predicted octanol–water partition coefficient (Wildman–Crippen LogP) is 4.34. The molecule has 0 spiro atoms. The molecule has 2 rings (SSSR count). The molecule has 16 heavy (non-hydrogen) atoms. The third kappa shape index (κ3) is 2.65. The first-order chi connectivity index (χ1) is 7.57. The molecule has 0 bridgehead atoms. The van der Waals surface area contributed by atoms with Crippen LogP contribution in [0.15, 0.2) is 30.3 Å². The van der Waals surface area contributed by atoms with Crippen molar-refractivity contribution in [3.8, 4) is 0 Å². The molecule has 1 aromatic rings. The summed E-state index contributed by atoms with van der Waals surface area (Å²) in [5.74, 6) is 0. The number of hydrogen-bond donors (Lipinski definition) is 0. The van der Waals surface area contributed by atoms with E-state index in [1.54, 1.807) is 0 Å². The molecule has 1 heteroatoms. The molecule has 2 atom stereocenters. The molecule has 1 nitrogen and oxygen atoms in total. The lowest BCUT2D eigenvalue weighted by Gasteiger charge is -2.38. The van der Waals surface area contributed by atoms with Crippen molar-refractivity contribution in [3.63, 3.8) is 0 Å². The summed E-state index contributed by atoms with van der Waals surface area (Å²) in [7, 11) is 0. The van der Waals surface area contributed by atoms with Crippen molar-refractivity contribution in [3.05, 3.63) is 35.9 Å². The Kier molecular flexibility index (Phi) is 3.34. The fourth-order valence-corrected chi connectivity index (χ4v) is 2.37. The maximum Gasteiger partial charge on any atom is 0.0829 e. The van der Waals surface area contributed by atoms with Crippen LogP contribution < -0.4 is 0 Å². The standard InChI is InChI=1S/C15H22O/c1-15(2,3)14-11-7-10-13(16-14)12-8-5-4-6-9-12/h4-6,8-9,13-14H,7,10-11H2,1-3H3/t13?,14-/m0/s1. The molecule has 0 saturated carbocycles. The Labute approximate surface area is 98.8 Å². The van der Waals surface area contributed by atoms with E-state index in [9.17, 15) is 0 Å². The summed E-state index contributed by atoms with van der Waals surface area (Å²) in [6.45, 7) is 6.81. The maximum absolute atomic E-state index is 6.24. The average Bonchev–Trinajstić information content (AvgIpc) is 2.29. The molecule has 1 unspecified atom stereocenters. The lowest BCUT2D eigenvalue weighted by atomic mass is 9.83. The Morgan fingerprint density at radius 3 is 2.38 bits per heavy atom. The van der Waals surface area contributed by atoms with Crippen LogP contribution >= 0.6 is 0 Å². The third-order valence-electron chi connectivity index (χ3n) is 3.40. The maximum atomic E-state index is 6.24. The summed E-state index contributed by atoms with van der Waals surface area (Å²) >= 11 is 0. The second-order valence-electron chi connectivity index (χ2n) is 5.82. The Morgan fingerprint density at radius 2 is 1.75 bits per heavy atom. The average molecular weight is 218 g/mol. The van der Waals surface area contributed by atoms with Gasteiger partial charge in [0.15, 0.2) is 0 Å². The lowest BCUT2D eigenvalue weighted by molar-refractivity contribution is -0.100. The molecule has 0 aromatic heterocycles.